The smallest absolute Gasteiger partial charge is 0.264 e. The van der Waals surface area contributed by atoms with Gasteiger partial charge in [0.1, 0.15) is 6.54 Å². The quantitative estimate of drug-likeness (QED) is 0.359. The summed E-state index contributed by atoms with van der Waals surface area (Å²) in [6, 6.07) is 23.5. The number of nitrogens with zero attached hydrogens (tertiary/aromatic N) is 1. The van der Waals surface area contributed by atoms with E-state index in [9.17, 15) is 13.2 Å². The van der Waals surface area contributed by atoms with Crippen LogP contribution in [-0.4, -0.2) is 27.1 Å². The van der Waals surface area contributed by atoms with Crippen molar-refractivity contribution in [2.45, 2.75) is 43.0 Å². The van der Waals surface area contributed by atoms with E-state index in [-0.39, 0.29) is 23.4 Å². The lowest BCUT2D eigenvalue weighted by molar-refractivity contribution is -0.120. The second-order valence-corrected chi connectivity index (χ2v) is 11.4. The van der Waals surface area contributed by atoms with Crippen LogP contribution < -0.4 is 9.62 Å². The van der Waals surface area contributed by atoms with Gasteiger partial charge in [0.25, 0.3) is 10.0 Å². The van der Waals surface area contributed by atoms with Crippen molar-refractivity contribution in [3.05, 3.63) is 90.0 Å². The van der Waals surface area contributed by atoms with Crippen molar-refractivity contribution in [1.29, 1.82) is 0 Å². The molecule has 3 rings (SSSR count). The van der Waals surface area contributed by atoms with Crippen LogP contribution in [0.5, 0.6) is 0 Å². The van der Waals surface area contributed by atoms with Gasteiger partial charge in [-0.05, 0) is 67.5 Å². The van der Waals surface area contributed by atoms with Crippen molar-refractivity contribution < 1.29 is 13.2 Å². The van der Waals surface area contributed by atoms with E-state index < -0.39 is 10.0 Å². The molecule has 7 heteroatoms. The molecular formula is C27H32N2O3S2. The van der Waals surface area contributed by atoms with Gasteiger partial charge in [0.2, 0.25) is 5.91 Å². The van der Waals surface area contributed by atoms with E-state index in [2.05, 4.69) is 19.2 Å². The highest BCUT2D eigenvalue weighted by atomic mass is 32.2. The largest absolute Gasteiger partial charge is 0.348 e. The van der Waals surface area contributed by atoms with E-state index in [1.165, 1.54) is 4.31 Å². The van der Waals surface area contributed by atoms with E-state index in [0.717, 1.165) is 22.4 Å². The van der Waals surface area contributed by atoms with Gasteiger partial charge in [-0.1, -0.05) is 61.9 Å². The van der Waals surface area contributed by atoms with Crippen LogP contribution in [0.4, 0.5) is 5.69 Å². The third-order valence-corrected chi connectivity index (χ3v) is 8.03. The minimum Gasteiger partial charge on any atom is -0.348 e. The summed E-state index contributed by atoms with van der Waals surface area (Å²) in [6.07, 6.45) is 2.69. The molecule has 0 spiro atoms. The molecule has 0 aliphatic carbocycles. The van der Waals surface area contributed by atoms with Crippen molar-refractivity contribution in [2.75, 3.05) is 17.1 Å². The van der Waals surface area contributed by atoms with Crippen molar-refractivity contribution in [1.82, 2.24) is 5.32 Å². The molecule has 0 aliphatic rings. The highest BCUT2D eigenvalue weighted by Crippen LogP contribution is 2.26. The summed E-state index contributed by atoms with van der Waals surface area (Å²) in [6.45, 7) is 5.83. The van der Waals surface area contributed by atoms with E-state index in [1.54, 1.807) is 48.2 Å². The Hall–Kier alpha value is -2.77. The number of rotatable bonds is 10. The maximum absolute atomic E-state index is 13.6. The Morgan fingerprint density at radius 3 is 2.12 bits per heavy atom. The lowest BCUT2D eigenvalue weighted by Gasteiger charge is -2.26. The Bertz CT molecular complexity index is 1180. The molecule has 1 atom stereocenters. The lowest BCUT2D eigenvalue weighted by Crippen LogP contribution is -2.42. The van der Waals surface area contributed by atoms with Gasteiger partial charge < -0.3 is 5.32 Å². The molecule has 1 N–H and O–H groups in total. The summed E-state index contributed by atoms with van der Waals surface area (Å²) in [5, 5.41) is 3.07. The molecule has 0 heterocycles. The predicted octanol–water partition coefficient (Wildman–Crippen LogP) is 5.82. The zero-order valence-corrected chi connectivity index (χ0v) is 21.7. The van der Waals surface area contributed by atoms with Crippen molar-refractivity contribution in [3.8, 4) is 0 Å². The molecule has 1 unspecified atom stereocenters. The topological polar surface area (TPSA) is 66.5 Å². The van der Waals surface area contributed by atoms with Gasteiger partial charge in [-0.3, -0.25) is 9.10 Å². The van der Waals surface area contributed by atoms with Crippen LogP contribution in [0.3, 0.4) is 0 Å². The number of amides is 1. The van der Waals surface area contributed by atoms with Crippen LogP contribution >= 0.6 is 11.8 Å². The van der Waals surface area contributed by atoms with Gasteiger partial charge in [0, 0.05) is 4.90 Å². The maximum atomic E-state index is 13.6. The molecule has 0 fully saturated rings. The van der Waals surface area contributed by atoms with Crippen molar-refractivity contribution in [2.24, 2.45) is 5.92 Å². The number of carbonyl (C=O) groups excluding carboxylic acids is 1. The fourth-order valence-electron chi connectivity index (χ4n) is 3.71. The number of aryl methyl sites for hydroxylation is 1. The Labute approximate surface area is 207 Å². The number of anilines is 1. The molecule has 3 aromatic carbocycles. The molecule has 0 aromatic heterocycles. The highest BCUT2D eigenvalue weighted by molar-refractivity contribution is 7.98. The zero-order valence-electron chi connectivity index (χ0n) is 20.1. The second-order valence-electron chi connectivity index (χ2n) is 8.68. The predicted molar refractivity (Wildman–Crippen MR) is 141 cm³/mol. The standard InChI is InChI=1S/C27H32N2O3S2/c1-20(2)18-26(22-8-6-5-7-9-22)28-27(30)19-29(23-12-10-21(3)11-13-23)34(31,32)25-16-14-24(33-4)15-17-25/h5-17,20,26H,18-19H2,1-4H3,(H,28,30). The number of benzene rings is 3. The molecule has 0 bridgehead atoms. The van der Waals surface area contributed by atoms with Gasteiger partial charge in [-0.25, -0.2) is 8.42 Å². The minimum atomic E-state index is -3.95. The molecule has 5 nitrogen and oxygen atoms in total. The first-order chi connectivity index (χ1) is 16.2. The SMILES string of the molecule is CSc1ccc(S(=O)(=O)N(CC(=O)NC(CC(C)C)c2ccccc2)c2ccc(C)cc2)cc1. The zero-order chi connectivity index (χ0) is 24.7. The molecule has 0 saturated heterocycles. The normalized spacial score (nSPS) is 12.4. The fourth-order valence-corrected chi connectivity index (χ4v) is 5.54. The third kappa shape index (κ3) is 6.64. The molecule has 0 aliphatic heterocycles. The van der Waals surface area contributed by atoms with E-state index in [4.69, 9.17) is 0 Å². The number of nitrogens with one attached hydrogen (secondary N) is 1. The molecule has 3 aromatic rings. The molecule has 0 saturated carbocycles. The van der Waals surface area contributed by atoms with Gasteiger partial charge in [0.15, 0.2) is 0 Å². The average molecular weight is 497 g/mol. The molecular weight excluding hydrogens is 464 g/mol. The van der Waals surface area contributed by atoms with Crippen LogP contribution in [0.1, 0.15) is 37.4 Å². The highest BCUT2D eigenvalue weighted by Gasteiger charge is 2.28. The van der Waals surface area contributed by atoms with Gasteiger partial charge in [-0.15, -0.1) is 11.8 Å². The summed E-state index contributed by atoms with van der Waals surface area (Å²) < 4.78 is 28.4. The van der Waals surface area contributed by atoms with Crippen LogP contribution in [-0.2, 0) is 14.8 Å². The number of hydrogen-bond donors (Lipinski definition) is 1. The van der Waals surface area contributed by atoms with Crippen molar-refractivity contribution >= 4 is 33.4 Å². The van der Waals surface area contributed by atoms with Crippen LogP contribution in [0, 0.1) is 12.8 Å². The van der Waals surface area contributed by atoms with E-state index >= 15 is 0 Å². The molecule has 34 heavy (non-hydrogen) atoms. The molecule has 0 radical (unpaired) electrons. The Kier molecular flexibility index (Phi) is 8.80. The number of hydrogen-bond acceptors (Lipinski definition) is 4. The van der Waals surface area contributed by atoms with Crippen molar-refractivity contribution in [3.63, 3.8) is 0 Å². The lowest BCUT2D eigenvalue weighted by atomic mass is 9.97. The molecule has 180 valence electrons. The molecule has 1 amide bonds. The maximum Gasteiger partial charge on any atom is 0.264 e. The number of thioether (sulfide) groups is 1. The van der Waals surface area contributed by atoms with Crippen LogP contribution in [0.15, 0.2) is 88.7 Å². The van der Waals surface area contributed by atoms with E-state index in [1.807, 2.05) is 55.6 Å². The first kappa shape index (κ1) is 25.8. The van der Waals surface area contributed by atoms with Crippen LogP contribution in [0.2, 0.25) is 0 Å². The number of sulfonamides is 1. The number of carbonyl (C=O) groups is 1. The summed E-state index contributed by atoms with van der Waals surface area (Å²) in [5.74, 6) is 0.0109. The minimum absolute atomic E-state index is 0.153. The van der Waals surface area contributed by atoms with Gasteiger partial charge in [-0.2, -0.15) is 0 Å². The van der Waals surface area contributed by atoms with Crippen LogP contribution in [0.25, 0.3) is 0 Å². The van der Waals surface area contributed by atoms with Gasteiger partial charge in [0.05, 0.1) is 16.6 Å². The van der Waals surface area contributed by atoms with Gasteiger partial charge >= 0.3 is 0 Å². The fraction of sp³-hybridized carbons (Fsp3) is 0.296. The summed E-state index contributed by atoms with van der Waals surface area (Å²) in [5.41, 5.74) is 2.47. The first-order valence-corrected chi connectivity index (χ1v) is 13.9. The summed E-state index contributed by atoms with van der Waals surface area (Å²) >= 11 is 1.54. The Balaban J connectivity index is 1.91. The summed E-state index contributed by atoms with van der Waals surface area (Å²) in [7, 11) is -3.95. The Morgan fingerprint density at radius 2 is 1.56 bits per heavy atom. The summed E-state index contributed by atoms with van der Waals surface area (Å²) in [4.78, 5) is 14.3. The third-order valence-electron chi connectivity index (χ3n) is 5.50. The second kappa shape index (κ2) is 11.6. The Morgan fingerprint density at radius 1 is 0.941 bits per heavy atom. The monoisotopic (exact) mass is 496 g/mol. The van der Waals surface area contributed by atoms with E-state index in [0.29, 0.717) is 11.6 Å². The average Bonchev–Trinajstić information content (AvgIpc) is 2.83. The first-order valence-electron chi connectivity index (χ1n) is 11.3.